The van der Waals surface area contributed by atoms with Gasteiger partial charge in [-0.2, -0.15) is 0 Å². The molecule has 1 unspecified atom stereocenters. The van der Waals surface area contributed by atoms with Gasteiger partial charge in [-0.1, -0.05) is 0 Å². The number of hydrogen-bond acceptors (Lipinski definition) is 4. The maximum Gasteiger partial charge on any atom is 0.248 e. The van der Waals surface area contributed by atoms with Crippen molar-refractivity contribution in [3.05, 3.63) is 45.7 Å². The molecule has 134 valence electrons. The Morgan fingerprint density at radius 2 is 2.24 bits per heavy atom. The molecule has 0 spiro atoms. The SMILES string of the molecule is CN(CCCC1CCCO1)Cc1cc(=O)c2cc(C(N)=O)ccc2[nH]1. The molecule has 0 saturated carbocycles. The van der Waals surface area contributed by atoms with Crippen molar-refractivity contribution in [2.24, 2.45) is 5.73 Å². The van der Waals surface area contributed by atoms with Gasteiger partial charge in [-0.3, -0.25) is 9.59 Å². The lowest BCUT2D eigenvalue weighted by Gasteiger charge is -2.18. The van der Waals surface area contributed by atoms with Crippen molar-refractivity contribution in [2.75, 3.05) is 20.2 Å². The van der Waals surface area contributed by atoms with E-state index in [9.17, 15) is 9.59 Å². The molecule has 3 rings (SSSR count). The summed E-state index contributed by atoms with van der Waals surface area (Å²) in [6.07, 6.45) is 4.95. The minimum Gasteiger partial charge on any atom is -0.378 e. The fraction of sp³-hybridized carbons (Fsp3) is 0.474. The number of pyridine rings is 1. The van der Waals surface area contributed by atoms with E-state index in [4.69, 9.17) is 10.5 Å². The zero-order chi connectivity index (χ0) is 17.8. The molecule has 1 fully saturated rings. The van der Waals surface area contributed by atoms with Gasteiger partial charge in [0.15, 0.2) is 5.43 Å². The number of aromatic nitrogens is 1. The smallest absolute Gasteiger partial charge is 0.248 e. The highest BCUT2D eigenvalue weighted by atomic mass is 16.5. The van der Waals surface area contributed by atoms with Gasteiger partial charge in [-0.25, -0.2) is 0 Å². The van der Waals surface area contributed by atoms with E-state index >= 15 is 0 Å². The van der Waals surface area contributed by atoms with Crippen molar-refractivity contribution >= 4 is 16.8 Å². The number of nitrogens with one attached hydrogen (secondary N) is 1. The van der Waals surface area contributed by atoms with Crippen molar-refractivity contribution in [2.45, 2.75) is 38.3 Å². The molecule has 1 amide bonds. The number of aromatic amines is 1. The summed E-state index contributed by atoms with van der Waals surface area (Å²) in [6.45, 7) is 2.53. The summed E-state index contributed by atoms with van der Waals surface area (Å²) in [5.74, 6) is -0.531. The molecule has 2 heterocycles. The molecule has 1 saturated heterocycles. The number of carbonyl (C=O) groups is 1. The van der Waals surface area contributed by atoms with Crippen LogP contribution in [-0.2, 0) is 11.3 Å². The number of carbonyl (C=O) groups excluding carboxylic acids is 1. The summed E-state index contributed by atoms with van der Waals surface area (Å²) in [5.41, 5.74) is 7.11. The number of fused-ring (bicyclic) bond motifs is 1. The Balaban J connectivity index is 1.63. The Labute approximate surface area is 147 Å². The van der Waals surface area contributed by atoms with E-state index in [1.165, 1.54) is 12.8 Å². The summed E-state index contributed by atoms with van der Waals surface area (Å²) in [5, 5.41) is 0.487. The van der Waals surface area contributed by atoms with Crippen molar-refractivity contribution in [1.29, 1.82) is 0 Å². The second-order valence-corrected chi connectivity index (χ2v) is 6.80. The van der Waals surface area contributed by atoms with E-state index in [2.05, 4.69) is 9.88 Å². The van der Waals surface area contributed by atoms with E-state index in [0.717, 1.165) is 37.2 Å². The van der Waals surface area contributed by atoms with Gasteiger partial charge in [0, 0.05) is 41.4 Å². The van der Waals surface area contributed by atoms with Crippen LogP contribution >= 0.6 is 0 Å². The first-order chi connectivity index (χ1) is 12.0. The molecule has 1 aliphatic heterocycles. The summed E-state index contributed by atoms with van der Waals surface area (Å²) < 4.78 is 5.64. The van der Waals surface area contributed by atoms with Crippen molar-refractivity contribution in [1.82, 2.24) is 9.88 Å². The highest BCUT2D eigenvalue weighted by Gasteiger charge is 2.15. The third kappa shape index (κ3) is 4.46. The number of rotatable bonds is 7. The molecule has 0 bridgehead atoms. The molecule has 3 N–H and O–H groups in total. The Hall–Kier alpha value is -2.18. The molecule has 1 aromatic carbocycles. The predicted molar refractivity (Wildman–Crippen MR) is 97.6 cm³/mol. The van der Waals surface area contributed by atoms with Gasteiger partial charge in [0.2, 0.25) is 5.91 Å². The van der Waals surface area contributed by atoms with Crippen LogP contribution in [0.25, 0.3) is 10.9 Å². The quantitative estimate of drug-likeness (QED) is 0.805. The fourth-order valence-electron chi connectivity index (χ4n) is 3.37. The standard InChI is InChI=1S/C19H25N3O3/c1-22(8-2-4-15-5-3-9-25-15)12-14-11-18(23)16-10-13(19(20)24)6-7-17(16)21-14/h6-7,10-11,15H,2-5,8-9,12H2,1H3,(H2,20,24)(H,21,23). The first kappa shape index (κ1) is 17.6. The number of primary amides is 1. The zero-order valence-corrected chi connectivity index (χ0v) is 14.6. The molecule has 25 heavy (non-hydrogen) atoms. The van der Waals surface area contributed by atoms with Crippen LogP contribution in [-0.4, -0.2) is 42.1 Å². The minimum absolute atomic E-state index is 0.0976. The predicted octanol–water partition coefficient (Wildman–Crippen LogP) is 2.02. The highest BCUT2D eigenvalue weighted by molar-refractivity contribution is 5.96. The number of nitrogens with two attached hydrogens (primary N) is 1. The average Bonchev–Trinajstić information content (AvgIpc) is 3.08. The maximum atomic E-state index is 12.3. The molecule has 0 aliphatic carbocycles. The average molecular weight is 343 g/mol. The van der Waals surface area contributed by atoms with Gasteiger partial charge >= 0.3 is 0 Å². The fourth-order valence-corrected chi connectivity index (χ4v) is 3.37. The van der Waals surface area contributed by atoms with Gasteiger partial charge in [0.05, 0.1) is 6.10 Å². The summed E-state index contributed by atoms with van der Waals surface area (Å²) in [6, 6.07) is 6.52. The van der Waals surface area contributed by atoms with Gasteiger partial charge in [-0.15, -0.1) is 0 Å². The van der Waals surface area contributed by atoms with Crippen LogP contribution in [0.4, 0.5) is 0 Å². The number of benzene rings is 1. The molecular formula is C19H25N3O3. The maximum absolute atomic E-state index is 12.3. The van der Waals surface area contributed by atoms with E-state index in [1.54, 1.807) is 24.3 Å². The molecule has 6 nitrogen and oxygen atoms in total. The highest BCUT2D eigenvalue weighted by Crippen LogP contribution is 2.17. The molecule has 1 atom stereocenters. The largest absolute Gasteiger partial charge is 0.378 e. The molecule has 2 aromatic rings. The van der Waals surface area contributed by atoms with E-state index < -0.39 is 5.91 Å². The lowest BCUT2D eigenvalue weighted by Crippen LogP contribution is -2.22. The van der Waals surface area contributed by atoms with Gasteiger partial charge in [-0.05, 0) is 57.5 Å². The number of ether oxygens (including phenoxy) is 1. The zero-order valence-electron chi connectivity index (χ0n) is 14.6. The van der Waals surface area contributed by atoms with Crippen LogP contribution in [0.15, 0.2) is 29.1 Å². The number of H-pyrrole nitrogens is 1. The van der Waals surface area contributed by atoms with Gasteiger partial charge < -0.3 is 20.4 Å². The Bertz CT molecular complexity index is 809. The lowest BCUT2D eigenvalue weighted by atomic mass is 10.1. The molecule has 1 aliphatic rings. The van der Waals surface area contributed by atoms with Crippen LogP contribution in [0.1, 0.15) is 41.7 Å². The van der Waals surface area contributed by atoms with Crippen molar-refractivity contribution in [3.8, 4) is 0 Å². The monoisotopic (exact) mass is 343 g/mol. The van der Waals surface area contributed by atoms with E-state index in [-0.39, 0.29) is 5.43 Å². The van der Waals surface area contributed by atoms with Crippen LogP contribution in [0.3, 0.4) is 0 Å². The van der Waals surface area contributed by atoms with Crippen LogP contribution in [0.2, 0.25) is 0 Å². The normalized spacial score (nSPS) is 17.4. The van der Waals surface area contributed by atoms with E-state index in [0.29, 0.717) is 23.6 Å². The third-order valence-electron chi connectivity index (χ3n) is 4.70. The Morgan fingerprint density at radius 3 is 2.96 bits per heavy atom. The number of nitrogens with zero attached hydrogens (tertiary/aromatic N) is 1. The van der Waals surface area contributed by atoms with Gasteiger partial charge in [0.25, 0.3) is 0 Å². The Morgan fingerprint density at radius 1 is 1.40 bits per heavy atom. The first-order valence-corrected chi connectivity index (χ1v) is 8.79. The summed E-state index contributed by atoms with van der Waals surface area (Å²) >= 11 is 0. The van der Waals surface area contributed by atoms with Gasteiger partial charge in [0.1, 0.15) is 0 Å². The molecule has 0 radical (unpaired) electrons. The second kappa shape index (κ2) is 7.80. The number of amides is 1. The summed E-state index contributed by atoms with van der Waals surface area (Å²) in [4.78, 5) is 29.1. The Kier molecular flexibility index (Phi) is 5.50. The van der Waals surface area contributed by atoms with Crippen molar-refractivity contribution < 1.29 is 9.53 Å². The molecule has 6 heteroatoms. The van der Waals surface area contributed by atoms with Crippen molar-refractivity contribution in [3.63, 3.8) is 0 Å². The minimum atomic E-state index is -0.531. The third-order valence-corrected chi connectivity index (χ3v) is 4.70. The first-order valence-electron chi connectivity index (χ1n) is 8.79. The number of hydrogen-bond donors (Lipinski definition) is 2. The van der Waals surface area contributed by atoms with Crippen LogP contribution in [0, 0.1) is 0 Å². The van der Waals surface area contributed by atoms with Crippen LogP contribution in [0.5, 0.6) is 0 Å². The molecular weight excluding hydrogens is 318 g/mol. The van der Waals surface area contributed by atoms with E-state index in [1.807, 2.05) is 7.05 Å². The lowest BCUT2D eigenvalue weighted by molar-refractivity contribution is 0.0993. The second-order valence-electron chi connectivity index (χ2n) is 6.80. The molecule has 1 aromatic heterocycles. The summed E-state index contributed by atoms with van der Waals surface area (Å²) in [7, 11) is 2.05. The van der Waals surface area contributed by atoms with Crippen LogP contribution < -0.4 is 11.2 Å². The topological polar surface area (TPSA) is 88.4 Å².